The van der Waals surface area contributed by atoms with Gasteiger partial charge in [-0.15, -0.1) is 11.3 Å². The number of nitrogens with zero attached hydrogens (tertiary/aromatic N) is 2. The van der Waals surface area contributed by atoms with Crippen molar-refractivity contribution in [2.75, 3.05) is 19.6 Å². The van der Waals surface area contributed by atoms with Gasteiger partial charge < -0.3 is 5.32 Å². The molecule has 0 aromatic carbocycles. The lowest BCUT2D eigenvalue weighted by atomic mass is 10.1. The van der Waals surface area contributed by atoms with Gasteiger partial charge in [0.15, 0.2) is 4.47 Å². The zero-order valence-corrected chi connectivity index (χ0v) is 11.2. The van der Waals surface area contributed by atoms with Crippen molar-refractivity contribution in [2.45, 2.75) is 32.4 Å². The van der Waals surface area contributed by atoms with Crippen molar-refractivity contribution in [3.05, 3.63) is 15.5 Å². The molecule has 0 radical (unpaired) electrons. The van der Waals surface area contributed by atoms with Gasteiger partial charge in [-0.1, -0.05) is 18.5 Å². The SMILES string of the molecule is CCN(Cc1cnc(Cl)s1)C1CCCNC1. The van der Waals surface area contributed by atoms with E-state index in [1.165, 1.54) is 24.3 Å². The summed E-state index contributed by atoms with van der Waals surface area (Å²) in [6.45, 7) is 6.56. The summed E-state index contributed by atoms with van der Waals surface area (Å²) < 4.78 is 0.646. The first-order valence-corrected chi connectivity index (χ1v) is 7.04. The molecule has 2 rings (SSSR count). The van der Waals surface area contributed by atoms with E-state index in [1.807, 2.05) is 6.20 Å². The summed E-state index contributed by atoms with van der Waals surface area (Å²) in [4.78, 5) is 7.86. The number of nitrogens with one attached hydrogen (secondary N) is 1. The molecule has 0 amide bonds. The highest BCUT2D eigenvalue weighted by Gasteiger charge is 2.20. The minimum Gasteiger partial charge on any atom is -0.315 e. The molecule has 1 N–H and O–H groups in total. The van der Waals surface area contributed by atoms with E-state index in [1.54, 1.807) is 11.3 Å². The van der Waals surface area contributed by atoms with E-state index in [9.17, 15) is 0 Å². The van der Waals surface area contributed by atoms with Crippen LogP contribution in [0.25, 0.3) is 0 Å². The second-order valence-electron chi connectivity index (χ2n) is 4.14. The van der Waals surface area contributed by atoms with Crippen LogP contribution in [0.5, 0.6) is 0 Å². The summed E-state index contributed by atoms with van der Waals surface area (Å²) in [5, 5.41) is 3.46. The Kier molecular flexibility index (Phi) is 4.58. The topological polar surface area (TPSA) is 28.2 Å². The number of halogens is 1. The van der Waals surface area contributed by atoms with Gasteiger partial charge in [0.25, 0.3) is 0 Å². The smallest absolute Gasteiger partial charge is 0.183 e. The summed E-state index contributed by atoms with van der Waals surface area (Å²) in [5.41, 5.74) is 0. The maximum atomic E-state index is 5.85. The molecule has 1 saturated heterocycles. The zero-order chi connectivity index (χ0) is 11.4. The van der Waals surface area contributed by atoms with Gasteiger partial charge in [0.2, 0.25) is 0 Å². The Bertz CT molecular complexity index is 323. The fraction of sp³-hybridized carbons (Fsp3) is 0.727. The van der Waals surface area contributed by atoms with Crippen molar-refractivity contribution >= 4 is 22.9 Å². The van der Waals surface area contributed by atoms with Crippen molar-refractivity contribution in [3.8, 4) is 0 Å². The lowest BCUT2D eigenvalue weighted by Gasteiger charge is -2.33. The molecule has 1 unspecified atom stereocenters. The van der Waals surface area contributed by atoms with Crippen LogP contribution >= 0.6 is 22.9 Å². The van der Waals surface area contributed by atoms with Gasteiger partial charge in [-0.3, -0.25) is 4.90 Å². The minimum absolute atomic E-state index is 0.646. The summed E-state index contributed by atoms with van der Waals surface area (Å²) >= 11 is 7.44. The van der Waals surface area contributed by atoms with Crippen LogP contribution in [0.3, 0.4) is 0 Å². The minimum atomic E-state index is 0.646. The molecule has 0 bridgehead atoms. The molecule has 1 aromatic rings. The number of aromatic nitrogens is 1. The third-order valence-corrected chi connectivity index (χ3v) is 4.18. The standard InChI is InChI=1S/C11H18ClN3S/c1-2-15(9-4-3-5-13-6-9)8-10-7-14-11(12)16-10/h7,9,13H,2-6,8H2,1H3. The Morgan fingerprint density at radius 3 is 3.12 bits per heavy atom. The second kappa shape index (κ2) is 5.96. The van der Waals surface area contributed by atoms with E-state index in [2.05, 4.69) is 22.1 Å². The Morgan fingerprint density at radius 1 is 1.69 bits per heavy atom. The number of piperidine rings is 1. The molecule has 16 heavy (non-hydrogen) atoms. The van der Waals surface area contributed by atoms with Gasteiger partial charge in [-0.2, -0.15) is 0 Å². The predicted octanol–water partition coefficient (Wildman–Crippen LogP) is 2.37. The van der Waals surface area contributed by atoms with Crippen LogP contribution in [-0.2, 0) is 6.54 Å². The van der Waals surface area contributed by atoms with E-state index < -0.39 is 0 Å². The highest BCUT2D eigenvalue weighted by atomic mass is 35.5. The van der Waals surface area contributed by atoms with Crippen LogP contribution in [-0.4, -0.2) is 35.6 Å². The van der Waals surface area contributed by atoms with Gasteiger partial charge in [0.1, 0.15) is 0 Å². The van der Waals surface area contributed by atoms with Gasteiger partial charge in [0, 0.05) is 30.2 Å². The Morgan fingerprint density at radius 2 is 2.56 bits per heavy atom. The summed E-state index contributed by atoms with van der Waals surface area (Å²) in [5.74, 6) is 0. The molecular formula is C11H18ClN3S. The first kappa shape index (κ1) is 12.3. The van der Waals surface area contributed by atoms with Crippen molar-refractivity contribution in [1.82, 2.24) is 15.2 Å². The van der Waals surface area contributed by atoms with Crippen molar-refractivity contribution < 1.29 is 0 Å². The van der Waals surface area contributed by atoms with Crippen molar-refractivity contribution in [3.63, 3.8) is 0 Å². The van der Waals surface area contributed by atoms with Crippen LogP contribution in [0.4, 0.5) is 0 Å². The number of rotatable bonds is 4. The normalized spacial score (nSPS) is 21.6. The largest absolute Gasteiger partial charge is 0.315 e. The fourth-order valence-corrected chi connectivity index (χ4v) is 3.20. The zero-order valence-electron chi connectivity index (χ0n) is 9.58. The highest BCUT2D eigenvalue weighted by molar-refractivity contribution is 7.15. The molecule has 0 saturated carbocycles. The fourth-order valence-electron chi connectivity index (χ4n) is 2.20. The molecule has 5 heteroatoms. The molecule has 0 spiro atoms. The molecule has 0 aliphatic carbocycles. The molecule has 1 aliphatic heterocycles. The first-order valence-electron chi connectivity index (χ1n) is 5.84. The maximum absolute atomic E-state index is 5.85. The number of thiazole rings is 1. The van der Waals surface area contributed by atoms with Crippen LogP contribution in [0, 0.1) is 0 Å². The number of hydrogen-bond acceptors (Lipinski definition) is 4. The molecule has 1 atom stereocenters. The van der Waals surface area contributed by atoms with E-state index in [-0.39, 0.29) is 0 Å². The Hall–Kier alpha value is -0.160. The Balaban J connectivity index is 1.94. The van der Waals surface area contributed by atoms with E-state index in [4.69, 9.17) is 11.6 Å². The Labute approximate surface area is 106 Å². The summed E-state index contributed by atoms with van der Waals surface area (Å²) in [6.07, 6.45) is 4.48. The molecule has 90 valence electrons. The van der Waals surface area contributed by atoms with E-state index in [0.29, 0.717) is 10.5 Å². The van der Waals surface area contributed by atoms with E-state index in [0.717, 1.165) is 19.6 Å². The first-order chi connectivity index (χ1) is 7.79. The van der Waals surface area contributed by atoms with Crippen LogP contribution in [0.15, 0.2) is 6.20 Å². The highest BCUT2D eigenvalue weighted by Crippen LogP contribution is 2.21. The van der Waals surface area contributed by atoms with Gasteiger partial charge in [-0.25, -0.2) is 4.98 Å². The number of hydrogen-bond donors (Lipinski definition) is 1. The number of likely N-dealkylation sites (N-methyl/N-ethyl adjacent to an activating group) is 1. The lowest BCUT2D eigenvalue weighted by Crippen LogP contribution is -2.45. The molecule has 3 nitrogen and oxygen atoms in total. The second-order valence-corrected chi connectivity index (χ2v) is 5.84. The van der Waals surface area contributed by atoms with Crippen molar-refractivity contribution in [1.29, 1.82) is 0 Å². The predicted molar refractivity (Wildman–Crippen MR) is 69.1 cm³/mol. The van der Waals surface area contributed by atoms with E-state index >= 15 is 0 Å². The average molecular weight is 260 g/mol. The molecule has 2 heterocycles. The third-order valence-electron chi connectivity index (χ3n) is 3.08. The average Bonchev–Trinajstić information content (AvgIpc) is 2.73. The quantitative estimate of drug-likeness (QED) is 0.900. The van der Waals surface area contributed by atoms with Gasteiger partial charge in [-0.05, 0) is 25.9 Å². The molecule has 1 fully saturated rings. The maximum Gasteiger partial charge on any atom is 0.183 e. The van der Waals surface area contributed by atoms with Gasteiger partial charge >= 0.3 is 0 Å². The van der Waals surface area contributed by atoms with Crippen LogP contribution in [0.2, 0.25) is 4.47 Å². The van der Waals surface area contributed by atoms with Crippen LogP contribution < -0.4 is 5.32 Å². The molecule has 1 aromatic heterocycles. The summed E-state index contributed by atoms with van der Waals surface area (Å²) in [6, 6.07) is 0.666. The summed E-state index contributed by atoms with van der Waals surface area (Å²) in [7, 11) is 0. The molecular weight excluding hydrogens is 242 g/mol. The van der Waals surface area contributed by atoms with Crippen LogP contribution in [0.1, 0.15) is 24.6 Å². The monoisotopic (exact) mass is 259 g/mol. The van der Waals surface area contributed by atoms with Gasteiger partial charge in [0.05, 0.1) is 0 Å². The lowest BCUT2D eigenvalue weighted by molar-refractivity contribution is 0.167. The third kappa shape index (κ3) is 3.17. The van der Waals surface area contributed by atoms with Crippen molar-refractivity contribution in [2.24, 2.45) is 0 Å². The molecule has 1 aliphatic rings.